The maximum Gasteiger partial charge on any atom is 0.0885 e. The molecule has 1 aliphatic rings. The van der Waals surface area contributed by atoms with Crippen molar-refractivity contribution in [3.05, 3.63) is 54.0 Å². The van der Waals surface area contributed by atoms with E-state index in [-0.39, 0.29) is 10.8 Å². The molecule has 0 N–H and O–H groups in total. The van der Waals surface area contributed by atoms with Crippen LogP contribution in [0, 0.1) is 0 Å². The summed E-state index contributed by atoms with van der Waals surface area (Å²) < 4.78 is 0. The second-order valence-electron chi connectivity index (χ2n) is 7.96. The van der Waals surface area contributed by atoms with Crippen LogP contribution >= 0.6 is 0 Å². The van der Waals surface area contributed by atoms with Gasteiger partial charge in [-0.05, 0) is 34.6 Å². The van der Waals surface area contributed by atoms with Crippen LogP contribution in [0.4, 0.5) is 0 Å². The SMILES string of the molecule is C=C1CC(C)(C)c2cc(-c3cnc(C(C)(C)C)cn3)ccc21. The van der Waals surface area contributed by atoms with Crippen molar-refractivity contribution in [2.24, 2.45) is 0 Å². The van der Waals surface area contributed by atoms with Crippen LogP contribution in [0.5, 0.6) is 0 Å². The minimum Gasteiger partial charge on any atom is -0.257 e. The standard InChI is InChI=1S/C20H24N2/c1-13-10-20(5,6)16-9-14(7-8-15(13)16)17-11-22-18(12-21-17)19(2,3)4/h7-9,11-12H,1,10H2,2-6H3. The molecule has 2 heteroatoms. The Morgan fingerprint density at radius 2 is 1.82 bits per heavy atom. The average Bonchev–Trinajstić information content (AvgIpc) is 2.68. The van der Waals surface area contributed by atoms with E-state index >= 15 is 0 Å². The second-order valence-corrected chi connectivity index (χ2v) is 7.96. The molecule has 0 bridgehead atoms. The van der Waals surface area contributed by atoms with E-state index in [0.29, 0.717) is 0 Å². The molecule has 1 heterocycles. The van der Waals surface area contributed by atoms with Crippen LogP contribution in [0.1, 0.15) is 57.9 Å². The normalized spacial score (nSPS) is 16.7. The number of hydrogen-bond donors (Lipinski definition) is 0. The third-order valence-corrected chi connectivity index (χ3v) is 4.50. The Labute approximate surface area is 133 Å². The third kappa shape index (κ3) is 2.47. The van der Waals surface area contributed by atoms with Gasteiger partial charge in [0, 0.05) is 17.2 Å². The molecular weight excluding hydrogens is 268 g/mol. The summed E-state index contributed by atoms with van der Waals surface area (Å²) in [4.78, 5) is 9.21. The van der Waals surface area contributed by atoms with Gasteiger partial charge >= 0.3 is 0 Å². The smallest absolute Gasteiger partial charge is 0.0885 e. The van der Waals surface area contributed by atoms with E-state index in [2.05, 4.69) is 69.4 Å². The number of fused-ring (bicyclic) bond motifs is 1. The first-order valence-corrected chi connectivity index (χ1v) is 7.84. The molecular formula is C20H24N2. The molecule has 0 saturated carbocycles. The van der Waals surface area contributed by atoms with Crippen LogP contribution in [0.15, 0.2) is 37.2 Å². The summed E-state index contributed by atoms with van der Waals surface area (Å²) in [5, 5.41) is 0. The van der Waals surface area contributed by atoms with Gasteiger partial charge in [-0.1, -0.05) is 53.3 Å². The molecule has 1 aliphatic carbocycles. The van der Waals surface area contributed by atoms with Crippen molar-refractivity contribution in [1.29, 1.82) is 0 Å². The quantitative estimate of drug-likeness (QED) is 0.727. The van der Waals surface area contributed by atoms with Crippen molar-refractivity contribution in [3.8, 4) is 11.3 Å². The minimum absolute atomic E-state index is 0.0309. The topological polar surface area (TPSA) is 25.8 Å². The van der Waals surface area contributed by atoms with Gasteiger partial charge in [0.15, 0.2) is 0 Å². The van der Waals surface area contributed by atoms with E-state index in [4.69, 9.17) is 0 Å². The number of aromatic nitrogens is 2. The van der Waals surface area contributed by atoms with E-state index < -0.39 is 0 Å². The van der Waals surface area contributed by atoms with Crippen molar-refractivity contribution in [1.82, 2.24) is 9.97 Å². The molecule has 2 nitrogen and oxygen atoms in total. The van der Waals surface area contributed by atoms with Gasteiger partial charge < -0.3 is 0 Å². The predicted octanol–water partition coefficient (Wildman–Crippen LogP) is 5.14. The van der Waals surface area contributed by atoms with Gasteiger partial charge in [0.2, 0.25) is 0 Å². The summed E-state index contributed by atoms with van der Waals surface area (Å²) in [7, 11) is 0. The van der Waals surface area contributed by atoms with E-state index in [1.807, 2.05) is 12.4 Å². The van der Waals surface area contributed by atoms with Crippen molar-refractivity contribution >= 4 is 5.57 Å². The molecule has 0 saturated heterocycles. The largest absolute Gasteiger partial charge is 0.257 e. The van der Waals surface area contributed by atoms with Gasteiger partial charge in [0.25, 0.3) is 0 Å². The van der Waals surface area contributed by atoms with Crippen LogP contribution in [0.25, 0.3) is 16.8 Å². The molecule has 2 aromatic rings. The van der Waals surface area contributed by atoms with E-state index in [9.17, 15) is 0 Å². The Balaban J connectivity index is 2.02. The van der Waals surface area contributed by atoms with Crippen LogP contribution < -0.4 is 0 Å². The zero-order valence-electron chi connectivity index (χ0n) is 14.2. The van der Waals surface area contributed by atoms with Crippen LogP contribution in [0.2, 0.25) is 0 Å². The van der Waals surface area contributed by atoms with Gasteiger partial charge in [0.1, 0.15) is 0 Å². The summed E-state index contributed by atoms with van der Waals surface area (Å²) in [6.45, 7) is 15.2. The van der Waals surface area contributed by atoms with Crippen LogP contribution in [0.3, 0.4) is 0 Å². The predicted molar refractivity (Wildman–Crippen MR) is 92.8 cm³/mol. The van der Waals surface area contributed by atoms with E-state index in [1.165, 1.54) is 16.7 Å². The molecule has 0 aliphatic heterocycles. The first-order valence-electron chi connectivity index (χ1n) is 7.84. The zero-order chi connectivity index (χ0) is 16.1. The van der Waals surface area contributed by atoms with Crippen molar-refractivity contribution in [2.75, 3.05) is 0 Å². The van der Waals surface area contributed by atoms with Crippen molar-refractivity contribution in [2.45, 2.75) is 51.9 Å². The fourth-order valence-corrected chi connectivity index (χ4v) is 3.16. The highest BCUT2D eigenvalue weighted by molar-refractivity contribution is 5.77. The fraction of sp³-hybridized carbons (Fsp3) is 0.400. The highest BCUT2D eigenvalue weighted by Crippen LogP contribution is 2.45. The maximum absolute atomic E-state index is 4.62. The Hall–Kier alpha value is -1.96. The number of allylic oxidation sites excluding steroid dienone is 1. The maximum atomic E-state index is 4.62. The highest BCUT2D eigenvalue weighted by Gasteiger charge is 2.32. The van der Waals surface area contributed by atoms with Crippen molar-refractivity contribution in [3.63, 3.8) is 0 Å². The summed E-state index contributed by atoms with van der Waals surface area (Å²) in [6, 6.07) is 6.57. The Morgan fingerprint density at radius 3 is 2.41 bits per heavy atom. The van der Waals surface area contributed by atoms with Gasteiger partial charge in [0.05, 0.1) is 17.6 Å². The molecule has 0 amide bonds. The molecule has 22 heavy (non-hydrogen) atoms. The Bertz CT molecular complexity index is 731. The summed E-state index contributed by atoms with van der Waals surface area (Å²) in [5.41, 5.74) is 7.18. The van der Waals surface area contributed by atoms with Gasteiger partial charge in [-0.3, -0.25) is 9.97 Å². The number of nitrogens with zero attached hydrogens (tertiary/aromatic N) is 2. The van der Waals surface area contributed by atoms with Gasteiger partial charge in [-0.25, -0.2) is 0 Å². The summed E-state index contributed by atoms with van der Waals surface area (Å²) in [5.74, 6) is 0. The lowest BCUT2D eigenvalue weighted by molar-refractivity contribution is 0.563. The molecule has 114 valence electrons. The van der Waals surface area contributed by atoms with E-state index in [1.54, 1.807) is 0 Å². The lowest BCUT2D eigenvalue weighted by Gasteiger charge is -2.19. The summed E-state index contributed by atoms with van der Waals surface area (Å²) in [6.07, 6.45) is 4.81. The lowest BCUT2D eigenvalue weighted by atomic mass is 9.85. The van der Waals surface area contributed by atoms with Crippen LogP contribution in [-0.2, 0) is 10.8 Å². The lowest BCUT2D eigenvalue weighted by Crippen LogP contribution is -2.14. The number of hydrogen-bond acceptors (Lipinski definition) is 2. The van der Waals surface area contributed by atoms with Gasteiger partial charge in [-0.15, -0.1) is 0 Å². The molecule has 0 radical (unpaired) electrons. The first kappa shape index (κ1) is 15.0. The molecule has 3 rings (SSSR count). The molecule has 0 spiro atoms. The van der Waals surface area contributed by atoms with Crippen molar-refractivity contribution < 1.29 is 0 Å². The average molecular weight is 292 g/mol. The fourth-order valence-electron chi connectivity index (χ4n) is 3.16. The molecule has 0 fully saturated rings. The highest BCUT2D eigenvalue weighted by atomic mass is 14.8. The molecule has 0 unspecified atom stereocenters. The van der Waals surface area contributed by atoms with E-state index in [0.717, 1.165) is 23.4 Å². The van der Waals surface area contributed by atoms with Gasteiger partial charge in [-0.2, -0.15) is 0 Å². The summed E-state index contributed by atoms with van der Waals surface area (Å²) >= 11 is 0. The second kappa shape index (κ2) is 4.77. The monoisotopic (exact) mass is 292 g/mol. The zero-order valence-corrected chi connectivity index (χ0v) is 14.2. The molecule has 0 atom stereocenters. The molecule has 1 aromatic carbocycles. The Morgan fingerprint density at radius 1 is 1.09 bits per heavy atom. The molecule has 1 aromatic heterocycles. The number of rotatable bonds is 1. The number of benzene rings is 1. The minimum atomic E-state index is 0.0309. The Kier molecular flexibility index (Phi) is 3.24. The third-order valence-electron chi connectivity index (χ3n) is 4.50. The van der Waals surface area contributed by atoms with Crippen LogP contribution in [-0.4, -0.2) is 9.97 Å². The first-order chi connectivity index (χ1) is 10.2.